The summed E-state index contributed by atoms with van der Waals surface area (Å²) in [6.45, 7) is 7.28. The fourth-order valence-corrected chi connectivity index (χ4v) is 7.98. The van der Waals surface area contributed by atoms with Crippen LogP contribution < -0.4 is 0 Å². The van der Waals surface area contributed by atoms with Crippen molar-refractivity contribution in [3.8, 4) is 17.2 Å². The van der Waals surface area contributed by atoms with Crippen LogP contribution in [0, 0.1) is 11.3 Å². The summed E-state index contributed by atoms with van der Waals surface area (Å²) < 4.78 is 0. The maximum atomic E-state index is 8.91. The molecular formula is C27H39NSi. The highest BCUT2D eigenvalue weighted by Crippen LogP contribution is 2.28. The highest BCUT2D eigenvalue weighted by Gasteiger charge is 2.25. The number of hydrogen-bond donors (Lipinski definition) is 0. The molecule has 29 heavy (non-hydrogen) atoms. The Labute approximate surface area is 180 Å². The van der Waals surface area contributed by atoms with Crippen LogP contribution in [0.15, 0.2) is 48.5 Å². The van der Waals surface area contributed by atoms with E-state index >= 15 is 0 Å². The summed E-state index contributed by atoms with van der Waals surface area (Å²) in [7, 11) is -0.885. The summed E-state index contributed by atoms with van der Waals surface area (Å²) in [4.78, 5) is 0. The van der Waals surface area contributed by atoms with Crippen LogP contribution >= 0.6 is 0 Å². The Morgan fingerprint density at radius 3 is 1.66 bits per heavy atom. The number of benzene rings is 2. The summed E-state index contributed by atoms with van der Waals surface area (Å²) in [6, 6.07) is 24.9. The summed E-state index contributed by atoms with van der Waals surface area (Å²) in [5, 5.41) is 8.91. The van der Waals surface area contributed by atoms with Gasteiger partial charge in [-0.25, -0.2) is 0 Å². The Morgan fingerprint density at radius 1 is 0.655 bits per heavy atom. The molecule has 0 aliphatic heterocycles. The number of hydrogen-bond acceptors (Lipinski definition) is 1. The van der Waals surface area contributed by atoms with Gasteiger partial charge in [0.05, 0.1) is 19.7 Å². The van der Waals surface area contributed by atoms with Gasteiger partial charge in [-0.15, -0.1) is 0 Å². The molecule has 2 aromatic carbocycles. The minimum absolute atomic E-state index is 0.716. The molecule has 0 N–H and O–H groups in total. The number of nitriles is 1. The van der Waals surface area contributed by atoms with E-state index < -0.39 is 8.07 Å². The molecule has 0 atom stereocenters. The van der Waals surface area contributed by atoms with Crippen LogP contribution in [0.3, 0.4) is 0 Å². The molecule has 0 amide bonds. The Hall–Kier alpha value is -1.85. The normalized spacial score (nSPS) is 11.4. The Morgan fingerprint density at radius 2 is 1.14 bits per heavy atom. The van der Waals surface area contributed by atoms with Crippen molar-refractivity contribution >= 4 is 8.07 Å². The van der Waals surface area contributed by atoms with Gasteiger partial charge in [-0.3, -0.25) is 0 Å². The number of rotatable bonds is 13. The van der Waals surface area contributed by atoms with E-state index in [1.54, 1.807) is 6.04 Å². The minimum atomic E-state index is -0.885. The van der Waals surface area contributed by atoms with E-state index in [0.717, 1.165) is 0 Å². The van der Waals surface area contributed by atoms with Gasteiger partial charge < -0.3 is 0 Å². The van der Waals surface area contributed by atoms with Crippen molar-refractivity contribution in [3.05, 3.63) is 59.7 Å². The standard InChI is InChI=1S/C27H39NSi/c1-4-29(5-2,6-3)22-12-10-8-7-9-11-13-24-14-18-26(19-15-24)27-20-16-25(23-28)17-21-27/h14-21H,4-13,22H2,1-3H3. The van der Waals surface area contributed by atoms with Crippen LogP contribution in [0.4, 0.5) is 0 Å². The lowest BCUT2D eigenvalue weighted by Crippen LogP contribution is -2.30. The SMILES string of the molecule is CC[Si](CC)(CC)CCCCCCCCc1ccc(-c2ccc(C#N)cc2)cc1. The van der Waals surface area contributed by atoms with Crippen molar-refractivity contribution in [1.82, 2.24) is 0 Å². The molecular weight excluding hydrogens is 366 g/mol. The van der Waals surface area contributed by atoms with Crippen molar-refractivity contribution in [2.45, 2.75) is 89.9 Å². The molecule has 0 fully saturated rings. The minimum Gasteiger partial charge on any atom is -0.192 e. The van der Waals surface area contributed by atoms with E-state index in [0.29, 0.717) is 5.56 Å². The molecule has 2 aromatic rings. The van der Waals surface area contributed by atoms with Crippen LogP contribution in [-0.4, -0.2) is 8.07 Å². The van der Waals surface area contributed by atoms with Gasteiger partial charge in [-0.05, 0) is 41.7 Å². The molecule has 0 aliphatic rings. The fraction of sp³-hybridized carbons (Fsp3) is 0.519. The Balaban J connectivity index is 1.62. The van der Waals surface area contributed by atoms with Gasteiger partial charge in [0.2, 0.25) is 0 Å². The van der Waals surface area contributed by atoms with E-state index in [1.807, 2.05) is 24.3 Å². The molecule has 0 unspecified atom stereocenters. The van der Waals surface area contributed by atoms with Gasteiger partial charge in [0.15, 0.2) is 0 Å². The lowest BCUT2D eigenvalue weighted by Gasteiger charge is -2.28. The largest absolute Gasteiger partial charge is 0.192 e. The first-order valence-corrected chi connectivity index (χ1v) is 14.6. The first-order chi connectivity index (χ1) is 14.2. The van der Waals surface area contributed by atoms with E-state index in [1.165, 1.54) is 79.8 Å². The summed E-state index contributed by atoms with van der Waals surface area (Å²) >= 11 is 0. The molecule has 2 rings (SSSR count). The number of nitrogens with zero attached hydrogens (tertiary/aromatic N) is 1. The van der Waals surface area contributed by atoms with Gasteiger partial charge in [-0.1, -0.05) is 113 Å². The molecule has 0 spiro atoms. The zero-order valence-corrected chi connectivity index (χ0v) is 19.8. The van der Waals surface area contributed by atoms with Gasteiger partial charge in [-0.2, -0.15) is 5.26 Å². The lowest BCUT2D eigenvalue weighted by molar-refractivity contribution is 0.605. The zero-order valence-electron chi connectivity index (χ0n) is 18.8. The second-order valence-electron chi connectivity index (χ2n) is 8.57. The molecule has 0 saturated carbocycles. The summed E-state index contributed by atoms with van der Waals surface area (Å²) in [6.07, 6.45) is 9.56. The lowest BCUT2D eigenvalue weighted by atomic mass is 10.00. The van der Waals surface area contributed by atoms with E-state index in [9.17, 15) is 0 Å². The van der Waals surface area contributed by atoms with E-state index in [4.69, 9.17) is 5.26 Å². The van der Waals surface area contributed by atoms with Crippen LogP contribution in [0.25, 0.3) is 11.1 Å². The summed E-state index contributed by atoms with van der Waals surface area (Å²) in [5.74, 6) is 0. The molecule has 0 radical (unpaired) electrons. The maximum Gasteiger partial charge on any atom is 0.0991 e. The first-order valence-electron chi connectivity index (χ1n) is 11.8. The second kappa shape index (κ2) is 12.7. The third-order valence-electron chi connectivity index (χ3n) is 6.97. The van der Waals surface area contributed by atoms with Gasteiger partial charge in [0.25, 0.3) is 0 Å². The number of aryl methyl sites for hydroxylation is 1. The molecule has 2 heteroatoms. The fourth-order valence-electron chi connectivity index (χ4n) is 4.42. The Bertz CT molecular complexity index is 727. The van der Waals surface area contributed by atoms with Gasteiger partial charge in [0.1, 0.15) is 0 Å². The molecule has 0 saturated heterocycles. The predicted molar refractivity (Wildman–Crippen MR) is 130 cm³/mol. The molecule has 0 bridgehead atoms. The summed E-state index contributed by atoms with van der Waals surface area (Å²) in [5.41, 5.74) is 4.56. The molecule has 0 heterocycles. The van der Waals surface area contributed by atoms with Crippen LogP contribution in [0.5, 0.6) is 0 Å². The van der Waals surface area contributed by atoms with Crippen molar-refractivity contribution in [1.29, 1.82) is 5.26 Å². The predicted octanol–water partition coefficient (Wildman–Crippen LogP) is 8.62. The van der Waals surface area contributed by atoms with Crippen molar-refractivity contribution in [2.24, 2.45) is 0 Å². The van der Waals surface area contributed by atoms with Crippen molar-refractivity contribution in [2.75, 3.05) is 0 Å². The zero-order chi connectivity index (χ0) is 21.0. The third-order valence-corrected chi connectivity index (χ3v) is 12.9. The molecule has 156 valence electrons. The molecule has 0 aliphatic carbocycles. The van der Waals surface area contributed by atoms with Crippen LogP contribution in [-0.2, 0) is 6.42 Å². The first kappa shape index (κ1) is 23.4. The second-order valence-corrected chi connectivity index (χ2v) is 14.2. The maximum absolute atomic E-state index is 8.91. The third kappa shape index (κ3) is 7.48. The topological polar surface area (TPSA) is 23.8 Å². The average molecular weight is 406 g/mol. The Kier molecular flexibility index (Phi) is 10.2. The van der Waals surface area contributed by atoms with Gasteiger partial charge in [0, 0.05) is 0 Å². The van der Waals surface area contributed by atoms with Crippen molar-refractivity contribution < 1.29 is 0 Å². The van der Waals surface area contributed by atoms with E-state index in [-0.39, 0.29) is 0 Å². The van der Waals surface area contributed by atoms with Crippen LogP contribution in [0.1, 0.15) is 70.4 Å². The molecule has 1 nitrogen and oxygen atoms in total. The molecule has 0 aromatic heterocycles. The quantitative estimate of drug-likeness (QED) is 0.242. The van der Waals surface area contributed by atoms with Gasteiger partial charge >= 0.3 is 0 Å². The highest BCUT2D eigenvalue weighted by atomic mass is 28.3. The average Bonchev–Trinajstić information content (AvgIpc) is 2.79. The van der Waals surface area contributed by atoms with Crippen LogP contribution in [0.2, 0.25) is 24.2 Å². The van der Waals surface area contributed by atoms with E-state index in [2.05, 4.69) is 51.1 Å². The number of unbranched alkanes of at least 4 members (excludes halogenated alkanes) is 5. The highest BCUT2D eigenvalue weighted by molar-refractivity contribution is 6.79. The van der Waals surface area contributed by atoms with Crippen molar-refractivity contribution in [3.63, 3.8) is 0 Å². The monoisotopic (exact) mass is 405 g/mol. The smallest absolute Gasteiger partial charge is 0.0991 e.